The molecule has 1 fully saturated rings. The summed E-state index contributed by atoms with van der Waals surface area (Å²) in [6.45, 7) is 8.15. The predicted molar refractivity (Wildman–Crippen MR) is 79.0 cm³/mol. The number of hydrogen-bond donors (Lipinski definition) is 1. The monoisotopic (exact) mass is 266 g/mol. The molecule has 1 aliphatic carbocycles. The number of aromatic nitrogens is 1. The zero-order valence-electron chi connectivity index (χ0n) is 12.0. The van der Waals surface area contributed by atoms with Crippen molar-refractivity contribution < 1.29 is 0 Å². The van der Waals surface area contributed by atoms with E-state index in [-0.39, 0.29) is 5.54 Å². The van der Waals surface area contributed by atoms with Gasteiger partial charge in [-0.15, -0.1) is 11.3 Å². The van der Waals surface area contributed by atoms with Crippen LogP contribution in [0.4, 0.5) is 0 Å². The molecule has 18 heavy (non-hydrogen) atoms. The lowest BCUT2D eigenvalue weighted by Gasteiger charge is -2.33. The maximum Gasteiger partial charge on any atom is 0.113 e. The van der Waals surface area contributed by atoms with Crippen molar-refractivity contribution in [1.29, 1.82) is 0 Å². The minimum Gasteiger partial charge on any atom is -0.305 e. The summed E-state index contributed by atoms with van der Waals surface area (Å²) in [6, 6.07) is 0. The summed E-state index contributed by atoms with van der Waals surface area (Å²) < 4.78 is 0. The molecule has 1 N–H and O–H groups in total. The Balaban J connectivity index is 2.20. The highest BCUT2D eigenvalue weighted by Gasteiger charge is 2.38. The summed E-state index contributed by atoms with van der Waals surface area (Å²) in [5.74, 6) is 0. The molecule has 0 amide bonds. The van der Waals surface area contributed by atoms with Gasteiger partial charge in [0.25, 0.3) is 0 Å². The Morgan fingerprint density at radius 2 is 2.11 bits per heavy atom. The molecule has 1 aliphatic rings. The van der Waals surface area contributed by atoms with E-state index < -0.39 is 0 Å². The van der Waals surface area contributed by atoms with Crippen LogP contribution in [0.3, 0.4) is 0 Å². The second-order valence-electron chi connectivity index (χ2n) is 6.36. The first-order valence-corrected chi connectivity index (χ1v) is 8.11. The van der Waals surface area contributed by atoms with Crippen LogP contribution in [0, 0.1) is 5.41 Å². The van der Waals surface area contributed by atoms with E-state index in [1.807, 2.05) is 17.5 Å². The fourth-order valence-electron chi connectivity index (χ4n) is 2.96. The van der Waals surface area contributed by atoms with Gasteiger partial charge in [0.2, 0.25) is 0 Å². The lowest BCUT2D eigenvalue weighted by atomic mass is 9.83. The van der Waals surface area contributed by atoms with Gasteiger partial charge in [0.05, 0.1) is 5.54 Å². The normalized spacial score (nSPS) is 27.9. The molecule has 0 saturated heterocycles. The number of hydrogen-bond acceptors (Lipinski definition) is 3. The molecule has 2 rings (SSSR count). The lowest BCUT2D eigenvalue weighted by Crippen LogP contribution is -2.42. The number of nitrogens with one attached hydrogen (secondary N) is 1. The minimum absolute atomic E-state index is 0.151. The Morgan fingerprint density at radius 3 is 2.78 bits per heavy atom. The molecule has 1 saturated carbocycles. The quantitative estimate of drug-likeness (QED) is 0.821. The third-order valence-electron chi connectivity index (χ3n) is 4.24. The average molecular weight is 266 g/mol. The van der Waals surface area contributed by atoms with Gasteiger partial charge < -0.3 is 5.32 Å². The fourth-order valence-corrected chi connectivity index (χ4v) is 3.84. The Morgan fingerprint density at radius 1 is 1.28 bits per heavy atom. The van der Waals surface area contributed by atoms with Crippen LogP contribution in [0.15, 0.2) is 11.6 Å². The van der Waals surface area contributed by atoms with Crippen LogP contribution in [-0.2, 0) is 5.54 Å². The molecule has 0 spiro atoms. The molecule has 2 nitrogen and oxygen atoms in total. The maximum atomic E-state index is 4.61. The van der Waals surface area contributed by atoms with Crippen LogP contribution in [0.5, 0.6) is 0 Å². The summed E-state index contributed by atoms with van der Waals surface area (Å²) in [5, 5.41) is 7.22. The summed E-state index contributed by atoms with van der Waals surface area (Å²) >= 11 is 1.81. The lowest BCUT2D eigenvalue weighted by molar-refractivity contribution is 0.264. The second kappa shape index (κ2) is 5.70. The molecule has 3 heteroatoms. The molecule has 1 atom stereocenters. The van der Waals surface area contributed by atoms with Gasteiger partial charge in [0.15, 0.2) is 0 Å². The third-order valence-corrected chi connectivity index (χ3v) is 5.22. The molecule has 1 aromatic heterocycles. The van der Waals surface area contributed by atoms with E-state index in [4.69, 9.17) is 0 Å². The standard InChI is InChI=1S/C15H26N2S/c1-4-10-17-15(13-16-11-12-18-13)7-5-6-14(2,3)8-9-15/h11-12,17H,4-10H2,1-3H3. The van der Waals surface area contributed by atoms with Gasteiger partial charge >= 0.3 is 0 Å². The topological polar surface area (TPSA) is 24.9 Å². The Bertz CT molecular complexity index is 359. The van der Waals surface area contributed by atoms with Gasteiger partial charge in [-0.1, -0.05) is 27.2 Å². The molecule has 1 aromatic rings. The molecular formula is C15H26N2S. The predicted octanol–water partition coefficient (Wildman–Crippen LogP) is 4.33. The van der Waals surface area contributed by atoms with Crippen molar-refractivity contribution in [3.8, 4) is 0 Å². The first-order chi connectivity index (χ1) is 8.58. The van der Waals surface area contributed by atoms with Crippen LogP contribution >= 0.6 is 11.3 Å². The Labute approximate surface area is 115 Å². The molecule has 1 heterocycles. The highest BCUT2D eigenvalue weighted by Crippen LogP contribution is 2.43. The van der Waals surface area contributed by atoms with Gasteiger partial charge in [-0.2, -0.15) is 0 Å². The van der Waals surface area contributed by atoms with Gasteiger partial charge in [-0.25, -0.2) is 4.98 Å². The van der Waals surface area contributed by atoms with Crippen LogP contribution < -0.4 is 5.32 Å². The van der Waals surface area contributed by atoms with Crippen molar-refractivity contribution in [2.75, 3.05) is 6.54 Å². The average Bonchev–Trinajstić information content (AvgIpc) is 2.81. The molecule has 1 unspecified atom stereocenters. The number of thiazole rings is 1. The van der Waals surface area contributed by atoms with Crippen molar-refractivity contribution in [2.45, 2.75) is 64.8 Å². The SMILES string of the molecule is CCCNC1(c2nccs2)CCCC(C)(C)CC1. The first kappa shape index (κ1) is 14.0. The third kappa shape index (κ3) is 3.12. The second-order valence-corrected chi connectivity index (χ2v) is 7.26. The van der Waals surface area contributed by atoms with Crippen molar-refractivity contribution in [1.82, 2.24) is 10.3 Å². The van der Waals surface area contributed by atoms with Crippen LogP contribution in [0.25, 0.3) is 0 Å². The Kier molecular flexibility index (Phi) is 4.44. The van der Waals surface area contributed by atoms with Crippen LogP contribution in [0.1, 0.15) is 64.3 Å². The van der Waals surface area contributed by atoms with Crippen LogP contribution in [-0.4, -0.2) is 11.5 Å². The maximum absolute atomic E-state index is 4.61. The number of nitrogens with zero attached hydrogens (tertiary/aromatic N) is 1. The fraction of sp³-hybridized carbons (Fsp3) is 0.800. The molecule has 0 aliphatic heterocycles. The van der Waals surface area contributed by atoms with E-state index in [1.54, 1.807) is 0 Å². The van der Waals surface area contributed by atoms with E-state index in [0.29, 0.717) is 5.41 Å². The first-order valence-electron chi connectivity index (χ1n) is 7.23. The van der Waals surface area contributed by atoms with Gasteiger partial charge in [-0.05, 0) is 44.1 Å². The molecule has 0 radical (unpaired) electrons. The largest absolute Gasteiger partial charge is 0.305 e. The van der Waals surface area contributed by atoms with Gasteiger partial charge in [0, 0.05) is 11.6 Å². The number of rotatable bonds is 4. The van der Waals surface area contributed by atoms with Crippen LogP contribution in [0.2, 0.25) is 0 Å². The van der Waals surface area contributed by atoms with Gasteiger partial charge in [-0.3, -0.25) is 0 Å². The zero-order chi connectivity index (χ0) is 13.1. The van der Waals surface area contributed by atoms with E-state index in [2.05, 4.69) is 36.5 Å². The zero-order valence-corrected chi connectivity index (χ0v) is 12.8. The summed E-state index contributed by atoms with van der Waals surface area (Å²) in [5.41, 5.74) is 0.644. The Hall–Kier alpha value is -0.410. The van der Waals surface area contributed by atoms with E-state index in [1.165, 1.54) is 43.5 Å². The van der Waals surface area contributed by atoms with Crippen molar-refractivity contribution in [3.63, 3.8) is 0 Å². The van der Waals surface area contributed by atoms with Crippen molar-refractivity contribution in [3.05, 3.63) is 16.6 Å². The van der Waals surface area contributed by atoms with E-state index in [9.17, 15) is 0 Å². The molecule has 102 valence electrons. The minimum atomic E-state index is 0.151. The van der Waals surface area contributed by atoms with Crippen molar-refractivity contribution >= 4 is 11.3 Å². The highest BCUT2D eigenvalue weighted by molar-refractivity contribution is 7.09. The summed E-state index contributed by atoms with van der Waals surface area (Å²) in [6.07, 6.45) is 9.56. The summed E-state index contributed by atoms with van der Waals surface area (Å²) in [4.78, 5) is 4.61. The molecule has 0 aromatic carbocycles. The van der Waals surface area contributed by atoms with Crippen molar-refractivity contribution in [2.24, 2.45) is 5.41 Å². The summed E-state index contributed by atoms with van der Waals surface area (Å²) in [7, 11) is 0. The molecular weight excluding hydrogens is 240 g/mol. The highest BCUT2D eigenvalue weighted by atomic mass is 32.1. The van der Waals surface area contributed by atoms with Gasteiger partial charge in [0.1, 0.15) is 5.01 Å². The van der Waals surface area contributed by atoms with E-state index >= 15 is 0 Å². The van der Waals surface area contributed by atoms with E-state index in [0.717, 1.165) is 6.54 Å². The molecule has 0 bridgehead atoms. The smallest absolute Gasteiger partial charge is 0.113 e.